The lowest BCUT2D eigenvalue weighted by Gasteiger charge is -2.33. The predicted octanol–water partition coefficient (Wildman–Crippen LogP) is 4.08. The fourth-order valence-electron chi connectivity index (χ4n) is 1.91. The molecule has 0 aliphatic heterocycles. The molecule has 0 bridgehead atoms. The van der Waals surface area contributed by atoms with E-state index >= 15 is 0 Å². The maximum absolute atomic E-state index is 9.63. The van der Waals surface area contributed by atoms with Gasteiger partial charge in [0.1, 0.15) is 0 Å². The summed E-state index contributed by atoms with van der Waals surface area (Å²) in [5.41, 5.74) is 0.811. The van der Waals surface area contributed by atoms with Gasteiger partial charge in [-0.3, -0.25) is 0 Å². The van der Waals surface area contributed by atoms with Gasteiger partial charge in [-0.25, -0.2) is 0 Å². The molecule has 0 aromatic heterocycles. The third-order valence-electron chi connectivity index (χ3n) is 3.24. The monoisotopic (exact) mass is 255 g/mol. The number of anilines is 1. The fourth-order valence-corrected chi connectivity index (χ4v) is 2.04. The van der Waals surface area contributed by atoms with E-state index in [0.717, 1.165) is 36.4 Å². The van der Waals surface area contributed by atoms with Crippen LogP contribution >= 0.6 is 11.6 Å². The van der Waals surface area contributed by atoms with E-state index in [1.54, 1.807) is 0 Å². The van der Waals surface area contributed by atoms with Crippen LogP contribution in [0.4, 0.5) is 5.69 Å². The predicted molar refractivity (Wildman–Crippen MR) is 74.7 cm³/mol. The van der Waals surface area contributed by atoms with E-state index in [1.165, 1.54) is 0 Å². The molecule has 0 spiro atoms. The molecular weight excluding hydrogens is 234 g/mol. The summed E-state index contributed by atoms with van der Waals surface area (Å²) in [4.78, 5) is 0. The molecule has 0 heterocycles. The Morgan fingerprint density at radius 3 is 2.35 bits per heavy atom. The van der Waals surface area contributed by atoms with Crippen molar-refractivity contribution in [3.63, 3.8) is 0 Å². The molecule has 0 fully saturated rings. The second kappa shape index (κ2) is 6.87. The van der Waals surface area contributed by atoms with E-state index in [0.29, 0.717) is 0 Å². The molecule has 0 saturated heterocycles. The van der Waals surface area contributed by atoms with Gasteiger partial charge in [-0.2, -0.15) is 0 Å². The maximum Gasteiger partial charge on any atom is 0.0661 e. The van der Waals surface area contributed by atoms with Crippen molar-refractivity contribution in [2.75, 3.05) is 11.9 Å². The summed E-state index contributed by atoms with van der Waals surface area (Å²) >= 11 is 5.86. The molecular formula is C14H22ClNO. The van der Waals surface area contributed by atoms with Crippen LogP contribution in [0, 0.1) is 0 Å². The van der Waals surface area contributed by atoms with E-state index in [9.17, 15) is 5.11 Å². The summed E-state index contributed by atoms with van der Waals surface area (Å²) < 4.78 is 0. The molecule has 1 rings (SSSR count). The van der Waals surface area contributed by atoms with Crippen molar-refractivity contribution >= 4 is 17.3 Å². The molecule has 2 N–H and O–H groups in total. The van der Waals surface area contributed by atoms with Gasteiger partial charge < -0.3 is 10.4 Å². The van der Waals surface area contributed by atoms with Gasteiger partial charge in [0.25, 0.3) is 0 Å². The first-order chi connectivity index (χ1) is 8.15. The first-order valence-electron chi connectivity index (χ1n) is 6.30. The van der Waals surface area contributed by atoms with Crippen molar-refractivity contribution in [2.45, 2.75) is 45.1 Å². The fraction of sp³-hybridized carbons (Fsp3) is 0.571. The molecule has 0 radical (unpaired) electrons. The van der Waals surface area contributed by atoms with Crippen molar-refractivity contribution < 1.29 is 5.11 Å². The number of rotatable bonds is 7. The van der Waals surface area contributed by atoms with E-state index in [1.807, 2.05) is 24.3 Å². The van der Waals surface area contributed by atoms with Crippen LogP contribution in [0.3, 0.4) is 0 Å². The highest BCUT2D eigenvalue weighted by Crippen LogP contribution is 2.25. The van der Waals surface area contributed by atoms with Gasteiger partial charge in [-0.1, -0.05) is 38.3 Å². The molecule has 0 amide bonds. The summed E-state index contributed by atoms with van der Waals surface area (Å²) in [5.74, 6) is 0. The SMILES string of the molecule is CCCCC(CC)(CO)Nc1ccc(Cl)cc1. The van der Waals surface area contributed by atoms with Crippen LogP contribution < -0.4 is 5.32 Å². The summed E-state index contributed by atoms with van der Waals surface area (Å²) in [7, 11) is 0. The van der Waals surface area contributed by atoms with Gasteiger partial charge in [0.2, 0.25) is 0 Å². The summed E-state index contributed by atoms with van der Waals surface area (Å²) in [5, 5.41) is 13.8. The van der Waals surface area contributed by atoms with Crippen LogP contribution in [0.15, 0.2) is 24.3 Å². The van der Waals surface area contributed by atoms with E-state index < -0.39 is 0 Å². The maximum atomic E-state index is 9.63. The first-order valence-corrected chi connectivity index (χ1v) is 6.68. The van der Waals surface area contributed by atoms with Crippen LogP contribution in [-0.4, -0.2) is 17.3 Å². The standard InChI is InChI=1S/C14H22ClNO/c1-3-5-10-14(4-2,11-17)16-13-8-6-12(15)7-9-13/h6-9,16-17H,3-5,10-11H2,1-2H3. The Bertz CT molecular complexity index is 319. The Labute approximate surface area is 109 Å². The number of benzene rings is 1. The highest BCUT2D eigenvalue weighted by Gasteiger charge is 2.26. The van der Waals surface area contributed by atoms with Crippen molar-refractivity contribution in [3.05, 3.63) is 29.3 Å². The van der Waals surface area contributed by atoms with Gasteiger partial charge in [0, 0.05) is 10.7 Å². The Balaban J connectivity index is 2.74. The third kappa shape index (κ3) is 4.21. The Morgan fingerprint density at radius 1 is 1.24 bits per heavy atom. The average molecular weight is 256 g/mol. The van der Waals surface area contributed by atoms with Crippen LogP contribution in [-0.2, 0) is 0 Å². The molecule has 1 atom stereocenters. The molecule has 96 valence electrons. The minimum atomic E-state index is -0.205. The zero-order valence-electron chi connectivity index (χ0n) is 10.7. The van der Waals surface area contributed by atoms with Gasteiger partial charge in [-0.05, 0) is 37.1 Å². The first kappa shape index (κ1) is 14.3. The van der Waals surface area contributed by atoms with E-state index in [-0.39, 0.29) is 12.1 Å². The molecule has 1 aromatic rings. The van der Waals surface area contributed by atoms with Gasteiger partial charge in [0.05, 0.1) is 12.1 Å². The molecule has 17 heavy (non-hydrogen) atoms. The minimum Gasteiger partial charge on any atom is -0.394 e. The second-order valence-electron chi connectivity index (χ2n) is 4.53. The zero-order valence-corrected chi connectivity index (χ0v) is 11.4. The number of hydrogen-bond acceptors (Lipinski definition) is 2. The quantitative estimate of drug-likeness (QED) is 0.769. The van der Waals surface area contributed by atoms with Crippen molar-refractivity contribution in [2.24, 2.45) is 0 Å². The van der Waals surface area contributed by atoms with Crippen molar-refractivity contribution in [1.82, 2.24) is 0 Å². The number of hydrogen-bond donors (Lipinski definition) is 2. The summed E-state index contributed by atoms with van der Waals surface area (Å²) in [6.07, 6.45) is 4.16. The Morgan fingerprint density at radius 2 is 1.88 bits per heavy atom. The lowest BCUT2D eigenvalue weighted by molar-refractivity contribution is 0.195. The third-order valence-corrected chi connectivity index (χ3v) is 3.49. The van der Waals surface area contributed by atoms with E-state index in [2.05, 4.69) is 19.2 Å². The lowest BCUT2D eigenvalue weighted by Crippen LogP contribution is -2.41. The molecule has 2 nitrogen and oxygen atoms in total. The normalized spacial score (nSPS) is 14.4. The minimum absolute atomic E-state index is 0.159. The number of halogens is 1. The molecule has 0 saturated carbocycles. The van der Waals surface area contributed by atoms with Crippen molar-refractivity contribution in [1.29, 1.82) is 0 Å². The van der Waals surface area contributed by atoms with Gasteiger partial charge in [0.15, 0.2) is 0 Å². The average Bonchev–Trinajstić information content (AvgIpc) is 2.37. The van der Waals surface area contributed by atoms with Crippen LogP contribution in [0.5, 0.6) is 0 Å². The van der Waals surface area contributed by atoms with E-state index in [4.69, 9.17) is 11.6 Å². The summed E-state index contributed by atoms with van der Waals surface area (Å²) in [6, 6.07) is 7.63. The lowest BCUT2D eigenvalue weighted by atomic mass is 9.90. The second-order valence-corrected chi connectivity index (χ2v) is 4.96. The smallest absolute Gasteiger partial charge is 0.0661 e. The molecule has 1 aromatic carbocycles. The van der Waals surface area contributed by atoms with Crippen LogP contribution in [0.1, 0.15) is 39.5 Å². The Hall–Kier alpha value is -0.730. The Kier molecular flexibility index (Phi) is 5.79. The number of aliphatic hydroxyl groups excluding tert-OH is 1. The molecule has 0 aliphatic rings. The van der Waals surface area contributed by atoms with Crippen LogP contribution in [0.25, 0.3) is 0 Å². The largest absolute Gasteiger partial charge is 0.394 e. The van der Waals surface area contributed by atoms with Gasteiger partial charge in [-0.15, -0.1) is 0 Å². The summed E-state index contributed by atoms with van der Waals surface area (Å²) in [6.45, 7) is 4.43. The molecule has 1 unspecified atom stereocenters. The highest BCUT2D eigenvalue weighted by atomic mass is 35.5. The topological polar surface area (TPSA) is 32.3 Å². The van der Waals surface area contributed by atoms with Gasteiger partial charge >= 0.3 is 0 Å². The number of aliphatic hydroxyl groups is 1. The van der Waals surface area contributed by atoms with Crippen LogP contribution in [0.2, 0.25) is 5.02 Å². The zero-order chi connectivity index (χ0) is 12.7. The number of nitrogens with one attached hydrogen (secondary N) is 1. The molecule has 3 heteroatoms. The number of unbranched alkanes of at least 4 members (excludes halogenated alkanes) is 1. The highest BCUT2D eigenvalue weighted by molar-refractivity contribution is 6.30. The van der Waals surface area contributed by atoms with Crippen molar-refractivity contribution in [3.8, 4) is 0 Å². The molecule has 0 aliphatic carbocycles.